The molecule has 3 aliphatic heterocycles. The van der Waals surface area contributed by atoms with Crippen LogP contribution in [0.15, 0.2) is 23.5 Å². The Morgan fingerprint density at radius 1 is 1.16 bits per heavy atom. The van der Waals surface area contributed by atoms with Crippen molar-refractivity contribution in [3.63, 3.8) is 0 Å². The minimum Gasteiger partial charge on any atom is -0.468 e. The van der Waals surface area contributed by atoms with Gasteiger partial charge in [-0.2, -0.15) is 0 Å². The number of aliphatic hydroxyl groups is 5. The van der Waals surface area contributed by atoms with Gasteiger partial charge in [0.1, 0.15) is 30.5 Å². The number of hydrogen-bond donors (Lipinski definition) is 5. The number of cyclic esters (lactones) is 1. The predicted octanol–water partition coefficient (Wildman–Crippen LogP) is -0.635. The van der Waals surface area contributed by atoms with Gasteiger partial charge in [-0.05, 0) is 31.1 Å². The second-order valence-corrected chi connectivity index (χ2v) is 10.6. The summed E-state index contributed by atoms with van der Waals surface area (Å²) in [6, 6.07) is 0. The molecule has 0 unspecified atom stereocenters. The van der Waals surface area contributed by atoms with Crippen molar-refractivity contribution >= 4 is 11.9 Å². The van der Waals surface area contributed by atoms with Crippen molar-refractivity contribution in [2.45, 2.75) is 76.7 Å². The van der Waals surface area contributed by atoms with Gasteiger partial charge in [-0.1, -0.05) is 19.9 Å². The number of aliphatic hydroxyl groups excluding tert-OH is 5. The molecule has 12 nitrogen and oxygen atoms in total. The van der Waals surface area contributed by atoms with Crippen molar-refractivity contribution in [1.29, 1.82) is 0 Å². The van der Waals surface area contributed by atoms with Crippen LogP contribution in [0.1, 0.15) is 33.6 Å². The predicted molar refractivity (Wildman–Crippen MR) is 128 cm³/mol. The van der Waals surface area contributed by atoms with Gasteiger partial charge in [0.25, 0.3) is 0 Å². The summed E-state index contributed by atoms with van der Waals surface area (Å²) in [6.07, 6.45) is -6.07. The van der Waals surface area contributed by atoms with E-state index in [-0.39, 0.29) is 48.9 Å². The van der Waals surface area contributed by atoms with E-state index in [9.17, 15) is 35.1 Å². The third kappa shape index (κ3) is 5.48. The normalized spacial score (nSPS) is 43.7. The van der Waals surface area contributed by atoms with Gasteiger partial charge in [0, 0.05) is 24.0 Å². The Morgan fingerprint density at radius 3 is 2.55 bits per heavy atom. The summed E-state index contributed by atoms with van der Waals surface area (Å²) >= 11 is 0. The molecule has 12 atom stereocenters. The Hall–Kier alpha value is -2.06. The summed E-state index contributed by atoms with van der Waals surface area (Å²) in [7, 11) is 0. The first kappa shape index (κ1) is 28.9. The highest BCUT2D eigenvalue weighted by molar-refractivity contribution is 5.91. The van der Waals surface area contributed by atoms with Gasteiger partial charge < -0.3 is 49.2 Å². The molecule has 4 aliphatic rings. The fraction of sp³-hybridized carbons (Fsp3) is 0.769. The molecule has 38 heavy (non-hydrogen) atoms. The highest BCUT2D eigenvalue weighted by Gasteiger charge is 2.49. The molecule has 1 saturated carbocycles. The van der Waals surface area contributed by atoms with E-state index in [1.54, 1.807) is 13.0 Å². The molecule has 0 radical (unpaired) electrons. The molecular weight excluding hydrogens is 504 g/mol. The molecule has 214 valence electrons. The van der Waals surface area contributed by atoms with Crippen LogP contribution in [0.3, 0.4) is 0 Å². The fourth-order valence-corrected chi connectivity index (χ4v) is 5.97. The summed E-state index contributed by atoms with van der Waals surface area (Å²) in [4.78, 5) is 26.3. The number of allylic oxidation sites excluding steroid dienone is 1. The van der Waals surface area contributed by atoms with Crippen LogP contribution in [0, 0.1) is 29.6 Å². The minimum absolute atomic E-state index is 0.0230. The topological polar surface area (TPSA) is 181 Å². The maximum absolute atomic E-state index is 13.3. The van der Waals surface area contributed by atoms with E-state index in [0.717, 1.165) is 6.26 Å². The summed E-state index contributed by atoms with van der Waals surface area (Å²) in [5, 5.41) is 49.7. The molecule has 1 aliphatic carbocycles. The number of esters is 2. The van der Waals surface area contributed by atoms with Crippen molar-refractivity contribution in [3.8, 4) is 0 Å². The zero-order valence-electron chi connectivity index (χ0n) is 21.7. The molecule has 5 N–H and O–H groups in total. The molecular formula is C26H38O12. The van der Waals surface area contributed by atoms with Crippen molar-refractivity contribution in [3.05, 3.63) is 23.5 Å². The maximum atomic E-state index is 13.3. The Morgan fingerprint density at radius 2 is 1.89 bits per heavy atom. The van der Waals surface area contributed by atoms with Crippen LogP contribution in [0.2, 0.25) is 0 Å². The summed E-state index contributed by atoms with van der Waals surface area (Å²) in [5.41, 5.74) is 0.477. The number of hydrogen-bond acceptors (Lipinski definition) is 12. The van der Waals surface area contributed by atoms with Gasteiger partial charge >= 0.3 is 11.9 Å². The molecule has 0 amide bonds. The van der Waals surface area contributed by atoms with Gasteiger partial charge in [-0.25, -0.2) is 4.79 Å². The standard InChI is InChI=1S/C26H38O12/c1-4-13-15-6-20(29)34-9-16-12(3)18(5-14(16)11(2)7-27)36-24(33)17(15)10-35-25(13)38-26-23(32)22(31)21(30)19(8-28)37-26/h4,10-12,14-16,18-19,21-23,25-28,30-32H,5-9H2,1-3H3/b13-4+/t11-,12+,14-,15-,16+,18+,19+,21+,22-,23+,25-,26-/m0/s1. The van der Waals surface area contributed by atoms with E-state index >= 15 is 0 Å². The van der Waals surface area contributed by atoms with Crippen molar-refractivity contribution in [1.82, 2.24) is 0 Å². The van der Waals surface area contributed by atoms with Gasteiger partial charge in [0.05, 0.1) is 31.5 Å². The van der Waals surface area contributed by atoms with Crippen LogP contribution in [-0.2, 0) is 33.3 Å². The number of carbonyl (C=O) groups excluding carboxylic acids is 2. The average Bonchev–Trinajstić information content (AvgIpc) is 3.20. The van der Waals surface area contributed by atoms with Crippen LogP contribution in [0.25, 0.3) is 0 Å². The molecule has 12 heteroatoms. The SMILES string of the molecule is C/C=C1/[C@H](O[C@@H]2O[C@H](CO)[C@@H](O)[C@H](O)[C@H]2O)OC=C2C(=O)O[C@@H]3C[C@@H]([C@@H](C)CO)[C@H](COC(=O)C[C@H]21)[C@H]3C. The lowest BCUT2D eigenvalue weighted by Crippen LogP contribution is -2.60. The molecule has 3 heterocycles. The van der Waals surface area contributed by atoms with E-state index in [1.165, 1.54) is 0 Å². The van der Waals surface area contributed by atoms with Crippen molar-refractivity contribution in [2.75, 3.05) is 19.8 Å². The Kier molecular flexibility index (Phi) is 9.13. The number of rotatable bonds is 5. The smallest absolute Gasteiger partial charge is 0.338 e. The number of fused-ring (bicyclic) bond motifs is 3. The van der Waals surface area contributed by atoms with Crippen LogP contribution in [0.4, 0.5) is 0 Å². The zero-order chi connectivity index (χ0) is 27.7. The number of carbonyl (C=O) groups is 2. The van der Waals surface area contributed by atoms with Crippen LogP contribution >= 0.6 is 0 Å². The second-order valence-electron chi connectivity index (χ2n) is 10.6. The Labute approximate surface area is 220 Å². The highest BCUT2D eigenvalue weighted by atomic mass is 16.8. The van der Waals surface area contributed by atoms with Crippen LogP contribution in [-0.4, -0.2) is 100 Å². The lowest BCUT2D eigenvalue weighted by Gasteiger charge is -2.42. The molecule has 4 rings (SSSR count). The van der Waals surface area contributed by atoms with Crippen LogP contribution < -0.4 is 0 Å². The van der Waals surface area contributed by atoms with E-state index in [1.807, 2.05) is 13.8 Å². The average molecular weight is 543 g/mol. The largest absolute Gasteiger partial charge is 0.468 e. The lowest BCUT2D eigenvalue weighted by molar-refractivity contribution is -0.327. The van der Waals surface area contributed by atoms with E-state index in [4.69, 9.17) is 23.7 Å². The monoisotopic (exact) mass is 542 g/mol. The highest BCUT2D eigenvalue weighted by Crippen LogP contribution is 2.45. The minimum atomic E-state index is -1.66. The molecule has 0 spiro atoms. The van der Waals surface area contributed by atoms with E-state index < -0.39 is 67.6 Å². The first-order valence-electron chi connectivity index (χ1n) is 13.1. The van der Waals surface area contributed by atoms with Gasteiger partial charge in [-0.3, -0.25) is 4.79 Å². The first-order valence-corrected chi connectivity index (χ1v) is 13.1. The zero-order valence-corrected chi connectivity index (χ0v) is 21.7. The summed E-state index contributed by atoms with van der Waals surface area (Å²) in [5.74, 6) is -2.17. The van der Waals surface area contributed by atoms with Gasteiger partial charge in [0.2, 0.25) is 6.29 Å². The molecule has 3 fully saturated rings. The third-order valence-corrected chi connectivity index (χ3v) is 8.44. The lowest BCUT2D eigenvalue weighted by atomic mass is 9.83. The quantitative estimate of drug-likeness (QED) is 0.219. The maximum Gasteiger partial charge on any atom is 0.338 e. The van der Waals surface area contributed by atoms with Crippen LogP contribution in [0.5, 0.6) is 0 Å². The Bertz CT molecular complexity index is 931. The molecule has 0 aromatic heterocycles. The molecule has 0 aromatic rings. The molecule has 2 bridgehead atoms. The van der Waals surface area contributed by atoms with Crippen molar-refractivity contribution < 1.29 is 58.8 Å². The molecule has 0 aromatic carbocycles. The summed E-state index contributed by atoms with van der Waals surface area (Å²) < 4.78 is 28.4. The van der Waals surface area contributed by atoms with E-state index in [0.29, 0.717) is 12.0 Å². The van der Waals surface area contributed by atoms with Gasteiger partial charge in [0.15, 0.2) is 6.29 Å². The Balaban J connectivity index is 1.57. The summed E-state index contributed by atoms with van der Waals surface area (Å²) in [6.45, 7) is 5.02. The van der Waals surface area contributed by atoms with Crippen molar-refractivity contribution in [2.24, 2.45) is 29.6 Å². The third-order valence-electron chi connectivity index (χ3n) is 8.44. The van der Waals surface area contributed by atoms with E-state index in [2.05, 4.69) is 0 Å². The molecule has 2 saturated heterocycles. The fourth-order valence-electron chi connectivity index (χ4n) is 5.97. The first-order chi connectivity index (χ1) is 18.1. The second kappa shape index (κ2) is 12.0. The van der Waals surface area contributed by atoms with Gasteiger partial charge in [-0.15, -0.1) is 0 Å². The number of ether oxygens (including phenoxy) is 5.